The summed E-state index contributed by atoms with van der Waals surface area (Å²) in [5.74, 6) is 0. The number of allylic oxidation sites excluding steroid dienone is 2. The molecular weight excluding hydrogens is 276 g/mol. The monoisotopic (exact) mass is 300 g/mol. The maximum absolute atomic E-state index is 4.30. The molecular formula is C18H24N2S. The molecule has 0 spiro atoms. The molecule has 1 heterocycles. The number of hydrogen-bond acceptors (Lipinski definition) is 3. The molecule has 1 aromatic carbocycles. The molecule has 0 aliphatic carbocycles. The first-order chi connectivity index (χ1) is 10.1. The Morgan fingerprint density at radius 1 is 1.29 bits per heavy atom. The van der Waals surface area contributed by atoms with E-state index in [-0.39, 0.29) is 0 Å². The lowest BCUT2D eigenvalue weighted by atomic mass is 10.2. The highest BCUT2D eigenvalue weighted by atomic mass is 32.2. The molecule has 2 rings (SSSR count). The highest BCUT2D eigenvalue weighted by Crippen LogP contribution is 2.34. The highest BCUT2D eigenvalue weighted by molar-refractivity contribution is 8.03. The van der Waals surface area contributed by atoms with Gasteiger partial charge >= 0.3 is 0 Å². The van der Waals surface area contributed by atoms with Crippen molar-refractivity contribution in [3.05, 3.63) is 65.2 Å². The standard InChI is InChI=1S/C18H24N2S/c1-5-6-18(16(4)20-11-9-19-10-12-20)21-17-8-7-14(2)13-15(17)3/h5-8,13,19H,1,4,9-12H2,2-3H3/b18-6+. The summed E-state index contributed by atoms with van der Waals surface area (Å²) in [6, 6.07) is 6.58. The van der Waals surface area contributed by atoms with E-state index in [4.69, 9.17) is 0 Å². The fraction of sp³-hybridized carbons (Fsp3) is 0.333. The van der Waals surface area contributed by atoms with Gasteiger partial charge in [-0.25, -0.2) is 0 Å². The summed E-state index contributed by atoms with van der Waals surface area (Å²) >= 11 is 1.78. The molecule has 1 fully saturated rings. The smallest absolute Gasteiger partial charge is 0.0435 e. The second kappa shape index (κ2) is 7.53. The molecule has 1 aliphatic heterocycles. The normalized spacial score (nSPS) is 15.9. The first-order valence-corrected chi connectivity index (χ1v) is 8.16. The average Bonchev–Trinajstić information content (AvgIpc) is 2.49. The maximum atomic E-state index is 4.30. The van der Waals surface area contributed by atoms with Crippen LogP contribution >= 0.6 is 11.8 Å². The largest absolute Gasteiger partial charge is 0.369 e. The molecule has 1 aliphatic rings. The Morgan fingerprint density at radius 2 is 2.00 bits per heavy atom. The lowest BCUT2D eigenvalue weighted by Gasteiger charge is -2.32. The molecule has 0 aromatic heterocycles. The molecule has 1 aromatic rings. The van der Waals surface area contributed by atoms with E-state index in [9.17, 15) is 0 Å². The summed E-state index contributed by atoms with van der Waals surface area (Å²) in [6.07, 6.45) is 3.91. The minimum absolute atomic E-state index is 1.01. The van der Waals surface area contributed by atoms with Crippen molar-refractivity contribution in [2.75, 3.05) is 26.2 Å². The first kappa shape index (κ1) is 15.9. The molecule has 1 N–H and O–H groups in total. The highest BCUT2D eigenvalue weighted by Gasteiger charge is 2.16. The van der Waals surface area contributed by atoms with Gasteiger partial charge in [0.25, 0.3) is 0 Å². The van der Waals surface area contributed by atoms with Gasteiger partial charge in [-0.1, -0.05) is 48.7 Å². The number of nitrogens with zero attached hydrogens (tertiary/aromatic N) is 1. The summed E-state index contributed by atoms with van der Waals surface area (Å²) < 4.78 is 0. The van der Waals surface area contributed by atoms with E-state index in [1.807, 2.05) is 6.08 Å². The SMILES string of the molecule is C=C/C=C(/Sc1ccc(C)cc1C)C(=C)N1CCNCC1. The van der Waals surface area contributed by atoms with Crippen molar-refractivity contribution in [3.8, 4) is 0 Å². The quantitative estimate of drug-likeness (QED) is 0.656. The summed E-state index contributed by atoms with van der Waals surface area (Å²) in [5, 5.41) is 3.38. The molecule has 0 saturated carbocycles. The van der Waals surface area contributed by atoms with Crippen LogP contribution < -0.4 is 5.32 Å². The van der Waals surface area contributed by atoms with Gasteiger partial charge in [0.15, 0.2) is 0 Å². The van der Waals surface area contributed by atoms with Crippen LogP contribution in [0.25, 0.3) is 0 Å². The van der Waals surface area contributed by atoms with Gasteiger partial charge in [-0.2, -0.15) is 0 Å². The summed E-state index contributed by atoms with van der Waals surface area (Å²) in [7, 11) is 0. The molecule has 0 atom stereocenters. The molecule has 2 nitrogen and oxygen atoms in total. The fourth-order valence-corrected chi connectivity index (χ4v) is 3.42. The van der Waals surface area contributed by atoms with Gasteiger partial charge in [-0.05, 0) is 31.6 Å². The Kier molecular flexibility index (Phi) is 5.71. The summed E-state index contributed by atoms with van der Waals surface area (Å²) in [5.41, 5.74) is 3.71. The van der Waals surface area contributed by atoms with E-state index in [1.165, 1.54) is 20.9 Å². The Labute approximate surface area is 132 Å². The van der Waals surface area contributed by atoms with E-state index in [0.717, 1.165) is 31.9 Å². The van der Waals surface area contributed by atoms with Crippen LogP contribution in [-0.2, 0) is 0 Å². The number of rotatable bonds is 5. The van der Waals surface area contributed by atoms with Crippen LogP contribution in [0, 0.1) is 13.8 Å². The van der Waals surface area contributed by atoms with E-state index in [2.05, 4.69) is 61.5 Å². The zero-order valence-electron chi connectivity index (χ0n) is 13.0. The molecule has 21 heavy (non-hydrogen) atoms. The molecule has 1 saturated heterocycles. The van der Waals surface area contributed by atoms with Crippen LogP contribution in [0.2, 0.25) is 0 Å². The van der Waals surface area contributed by atoms with Gasteiger partial charge in [-0.3, -0.25) is 0 Å². The number of nitrogens with one attached hydrogen (secondary N) is 1. The van der Waals surface area contributed by atoms with Crippen LogP contribution in [0.4, 0.5) is 0 Å². The van der Waals surface area contributed by atoms with E-state index in [0.29, 0.717) is 0 Å². The molecule has 0 unspecified atom stereocenters. The number of benzene rings is 1. The van der Waals surface area contributed by atoms with Crippen LogP contribution in [0.3, 0.4) is 0 Å². The lowest BCUT2D eigenvalue weighted by molar-refractivity contribution is 0.307. The number of hydrogen-bond donors (Lipinski definition) is 1. The third kappa shape index (κ3) is 4.26. The number of piperazine rings is 1. The Bertz CT molecular complexity index is 554. The van der Waals surface area contributed by atoms with Crippen molar-refractivity contribution in [3.63, 3.8) is 0 Å². The molecule has 112 valence electrons. The minimum Gasteiger partial charge on any atom is -0.369 e. The first-order valence-electron chi connectivity index (χ1n) is 7.34. The van der Waals surface area contributed by atoms with Crippen molar-refractivity contribution in [1.29, 1.82) is 0 Å². The van der Waals surface area contributed by atoms with Gasteiger partial charge in [0.2, 0.25) is 0 Å². The van der Waals surface area contributed by atoms with Crippen LogP contribution in [0.5, 0.6) is 0 Å². The second-order valence-electron chi connectivity index (χ2n) is 5.32. The maximum Gasteiger partial charge on any atom is 0.0435 e. The van der Waals surface area contributed by atoms with E-state index in [1.54, 1.807) is 11.8 Å². The number of thioether (sulfide) groups is 1. The van der Waals surface area contributed by atoms with Crippen molar-refractivity contribution in [2.45, 2.75) is 18.7 Å². The molecule has 0 radical (unpaired) electrons. The van der Waals surface area contributed by atoms with Gasteiger partial charge in [0.1, 0.15) is 0 Å². The van der Waals surface area contributed by atoms with Crippen molar-refractivity contribution in [2.24, 2.45) is 0 Å². The zero-order valence-corrected chi connectivity index (χ0v) is 13.8. The fourth-order valence-electron chi connectivity index (χ4n) is 2.42. The summed E-state index contributed by atoms with van der Waals surface area (Å²) in [6.45, 7) is 16.5. The topological polar surface area (TPSA) is 15.3 Å². The van der Waals surface area contributed by atoms with Crippen molar-refractivity contribution in [1.82, 2.24) is 10.2 Å². The van der Waals surface area contributed by atoms with Crippen LogP contribution in [0.1, 0.15) is 11.1 Å². The van der Waals surface area contributed by atoms with Gasteiger partial charge in [0.05, 0.1) is 0 Å². The van der Waals surface area contributed by atoms with Gasteiger partial charge < -0.3 is 10.2 Å². The molecule has 0 bridgehead atoms. The van der Waals surface area contributed by atoms with Crippen molar-refractivity contribution >= 4 is 11.8 Å². The van der Waals surface area contributed by atoms with Crippen LogP contribution in [0.15, 0.2) is 59.0 Å². The third-order valence-electron chi connectivity index (χ3n) is 3.60. The van der Waals surface area contributed by atoms with Gasteiger partial charge in [0, 0.05) is 41.7 Å². The Morgan fingerprint density at radius 3 is 2.62 bits per heavy atom. The average molecular weight is 300 g/mol. The number of aryl methyl sites for hydroxylation is 2. The van der Waals surface area contributed by atoms with Gasteiger partial charge in [-0.15, -0.1) is 0 Å². The predicted molar refractivity (Wildman–Crippen MR) is 93.6 cm³/mol. The zero-order chi connectivity index (χ0) is 15.2. The lowest BCUT2D eigenvalue weighted by Crippen LogP contribution is -2.42. The minimum atomic E-state index is 1.01. The second-order valence-corrected chi connectivity index (χ2v) is 6.41. The van der Waals surface area contributed by atoms with E-state index < -0.39 is 0 Å². The predicted octanol–water partition coefficient (Wildman–Crippen LogP) is 3.88. The Balaban J connectivity index is 2.17. The molecule has 3 heteroatoms. The van der Waals surface area contributed by atoms with E-state index >= 15 is 0 Å². The Hall–Kier alpha value is -1.45. The summed E-state index contributed by atoms with van der Waals surface area (Å²) in [4.78, 5) is 4.81. The van der Waals surface area contributed by atoms with Crippen molar-refractivity contribution < 1.29 is 0 Å². The van der Waals surface area contributed by atoms with Crippen LogP contribution in [-0.4, -0.2) is 31.1 Å². The molecule has 0 amide bonds. The third-order valence-corrected chi connectivity index (χ3v) is 4.87.